The number of carbonyl (C=O) groups is 1. The standard InChI is InChI=1S/C15H18FN3O/c1-11-18-10-14(19-11)7-8-17-15(20)6-5-12-3-2-4-13(16)9-12/h2-4,9-10H,5-8H2,1H3,(H,17,20)(H,18,19). The van der Waals surface area contributed by atoms with Crippen LogP contribution in [0.2, 0.25) is 0 Å². The molecule has 2 rings (SSSR count). The summed E-state index contributed by atoms with van der Waals surface area (Å²) in [4.78, 5) is 18.9. The summed E-state index contributed by atoms with van der Waals surface area (Å²) in [5.74, 6) is 0.584. The van der Waals surface area contributed by atoms with E-state index in [0.717, 1.165) is 23.5 Å². The van der Waals surface area contributed by atoms with E-state index in [1.54, 1.807) is 12.3 Å². The highest BCUT2D eigenvalue weighted by Gasteiger charge is 2.03. The minimum absolute atomic E-state index is 0.0227. The van der Waals surface area contributed by atoms with Crippen LogP contribution >= 0.6 is 0 Å². The maximum Gasteiger partial charge on any atom is 0.220 e. The van der Waals surface area contributed by atoms with Crippen molar-refractivity contribution in [2.75, 3.05) is 6.54 Å². The van der Waals surface area contributed by atoms with Crippen molar-refractivity contribution in [2.45, 2.75) is 26.2 Å². The predicted octanol–water partition coefficient (Wildman–Crippen LogP) is 2.15. The van der Waals surface area contributed by atoms with Gasteiger partial charge in [0, 0.05) is 31.3 Å². The van der Waals surface area contributed by atoms with Gasteiger partial charge < -0.3 is 10.3 Å². The van der Waals surface area contributed by atoms with Crippen LogP contribution in [-0.4, -0.2) is 22.4 Å². The fourth-order valence-electron chi connectivity index (χ4n) is 1.97. The van der Waals surface area contributed by atoms with Crippen LogP contribution < -0.4 is 5.32 Å². The Bertz CT molecular complexity index is 580. The molecule has 0 atom stereocenters. The molecule has 0 bridgehead atoms. The third-order valence-electron chi connectivity index (χ3n) is 3.00. The van der Waals surface area contributed by atoms with Gasteiger partial charge in [-0.05, 0) is 31.0 Å². The van der Waals surface area contributed by atoms with Crippen LogP contribution in [0.15, 0.2) is 30.5 Å². The van der Waals surface area contributed by atoms with Crippen molar-refractivity contribution in [3.8, 4) is 0 Å². The fraction of sp³-hybridized carbons (Fsp3) is 0.333. The molecule has 2 aromatic rings. The van der Waals surface area contributed by atoms with E-state index >= 15 is 0 Å². The third kappa shape index (κ3) is 4.50. The Labute approximate surface area is 117 Å². The Kier molecular flexibility index (Phi) is 4.87. The summed E-state index contributed by atoms with van der Waals surface area (Å²) < 4.78 is 13.0. The molecule has 0 saturated heterocycles. The zero-order chi connectivity index (χ0) is 14.4. The number of hydrogen-bond acceptors (Lipinski definition) is 2. The largest absolute Gasteiger partial charge is 0.356 e. The van der Waals surface area contributed by atoms with Gasteiger partial charge in [0.05, 0.1) is 0 Å². The quantitative estimate of drug-likeness (QED) is 0.848. The van der Waals surface area contributed by atoms with Crippen LogP contribution in [-0.2, 0) is 17.6 Å². The van der Waals surface area contributed by atoms with Gasteiger partial charge in [-0.15, -0.1) is 0 Å². The Morgan fingerprint density at radius 3 is 2.95 bits per heavy atom. The number of nitrogens with one attached hydrogen (secondary N) is 2. The molecule has 0 aliphatic rings. The molecule has 5 heteroatoms. The van der Waals surface area contributed by atoms with E-state index in [9.17, 15) is 9.18 Å². The molecule has 20 heavy (non-hydrogen) atoms. The van der Waals surface area contributed by atoms with E-state index in [0.29, 0.717) is 19.4 Å². The Morgan fingerprint density at radius 2 is 2.25 bits per heavy atom. The maximum atomic E-state index is 13.0. The summed E-state index contributed by atoms with van der Waals surface area (Å²) in [5, 5.41) is 2.84. The number of carbonyl (C=O) groups excluding carboxylic acids is 1. The molecule has 0 unspecified atom stereocenters. The molecular formula is C15H18FN3O. The molecular weight excluding hydrogens is 257 g/mol. The number of halogens is 1. The molecule has 0 aliphatic heterocycles. The highest BCUT2D eigenvalue weighted by molar-refractivity contribution is 5.76. The van der Waals surface area contributed by atoms with Crippen molar-refractivity contribution in [1.29, 1.82) is 0 Å². The van der Waals surface area contributed by atoms with Crippen molar-refractivity contribution in [1.82, 2.24) is 15.3 Å². The number of H-pyrrole nitrogens is 1. The lowest BCUT2D eigenvalue weighted by atomic mass is 10.1. The number of rotatable bonds is 6. The third-order valence-corrected chi connectivity index (χ3v) is 3.00. The first-order chi connectivity index (χ1) is 9.63. The van der Waals surface area contributed by atoms with E-state index in [1.165, 1.54) is 12.1 Å². The zero-order valence-corrected chi connectivity index (χ0v) is 11.4. The van der Waals surface area contributed by atoms with Crippen LogP contribution in [0.25, 0.3) is 0 Å². The lowest BCUT2D eigenvalue weighted by Crippen LogP contribution is -2.25. The Morgan fingerprint density at radius 1 is 1.40 bits per heavy atom. The predicted molar refractivity (Wildman–Crippen MR) is 74.8 cm³/mol. The van der Waals surface area contributed by atoms with Gasteiger partial charge in [-0.1, -0.05) is 12.1 Å². The topological polar surface area (TPSA) is 57.8 Å². The fourth-order valence-corrected chi connectivity index (χ4v) is 1.97. The Balaban J connectivity index is 1.68. The molecule has 1 heterocycles. The average molecular weight is 275 g/mol. The normalized spacial score (nSPS) is 10.5. The SMILES string of the molecule is Cc1ncc(CCNC(=O)CCc2cccc(F)c2)[nH]1. The van der Waals surface area contributed by atoms with Gasteiger partial charge in [0.15, 0.2) is 0 Å². The highest BCUT2D eigenvalue weighted by Crippen LogP contribution is 2.06. The van der Waals surface area contributed by atoms with E-state index in [2.05, 4.69) is 15.3 Å². The Hall–Kier alpha value is -2.17. The van der Waals surface area contributed by atoms with Gasteiger partial charge >= 0.3 is 0 Å². The van der Waals surface area contributed by atoms with Gasteiger partial charge in [0.25, 0.3) is 0 Å². The average Bonchev–Trinajstić information content (AvgIpc) is 2.82. The minimum Gasteiger partial charge on any atom is -0.356 e. The molecule has 1 aromatic carbocycles. The summed E-state index contributed by atoms with van der Waals surface area (Å²) in [5.41, 5.74) is 1.84. The molecule has 1 amide bonds. The molecule has 2 N–H and O–H groups in total. The molecule has 0 radical (unpaired) electrons. The van der Waals surface area contributed by atoms with Crippen molar-refractivity contribution < 1.29 is 9.18 Å². The first kappa shape index (κ1) is 14.2. The molecule has 0 saturated carbocycles. The van der Waals surface area contributed by atoms with Gasteiger partial charge in [0.2, 0.25) is 5.91 Å². The number of aromatic amines is 1. The second kappa shape index (κ2) is 6.84. The summed E-state index contributed by atoms with van der Waals surface area (Å²) in [6.07, 6.45) is 3.42. The van der Waals surface area contributed by atoms with Crippen LogP contribution in [0.5, 0.6) is 0 Å². The highest BCUT2D eigenvalue weighted by atomic mass is 19.1. The first-order valence-corrected chi connectivity index (χ1v) is 6.65. The molecule has 1 aromatic heterocycles. The molecule has 0 spiro atoms. The lowest BCUT2D eigenvalue weighted by molar-refractivity contribution is -0.121. The summed E-state index contributed by atoms with van der Waals surface area (Å²) in [6, 6.07) is 6.34. The number of amides is 1. The summed E-state index contributed by atoms with van der Waals surface area (Å²) in [6.45, 7) is 2.46. The number of aryl methyl sites for hydroxylation is 2. The van der Waals surface area contributed by atoms with Crippen molar-refractivity contribution in [3.05, 3.63) is 53.4 Å². The van der Waals surface area contributed by atoms with E-state index in [1.807, 2.05) is 13.0 Å². The summed E-state index contributed by atoms with van der Waals surface area (Å²) in [7, 11) is 0. The van der Waals surface area contributed by atoms with Crippen LogP contribution in [0.4, 0.5) is 4.39 Å². The van der Waals surface area contributed by atoms with E-state index < -0.39 is 0 Å². The van der Waals surface area contributed by atoms with Crippen molar-refractivity contribution >= 4 is 5.91 Å². The number of imidazole rings is 1. The summed E-state index contributed by atoms with van der Waals surface area (Å²) >= 11 is 0. The number of aromatic nitrogens is 2. The maximum absolute atomic E-state index is 13.0. The smallest absolute Gasteiger partial charge is 0.220 e. The van der Waals surface area contributed by atoms with Crippen molar-refractivity contribution in [2.24, 2.45) is 0 Å². The molecule has 0 aliphatic carbocycles. The molecule has 4 nitrogen and oxygen atoms in total. The van der Waals surface area contributed by atoms with Crippen LogP contribution in [0, 0.1) is 12.7 Å². The van der Waals surface area contributed by atoms with E-state index in [4.69, 9.17) is 0 Å². The second-order valence-electron chi connectivity index (χ2n) is 4.72. The number of benzene rings is 1. The van der Waals surface area contributed by atoms with Gasteiger partial charge in [-0.25, -0.2) is 9.37 Å². The zero-order valence-electron chi connectivity index (χ0n) is 11.4. The van der Waals surface area contributed by atoms with Gasteiger partial charge in [0.1, 0.15) is 11.6 Å². The number of hydrogen-bond donors (Lipinski definition) is 2. The monoisotopic (exact) mass is 275 g/mol. The first-order valence-electron chi connectivity index (χ1n) is 6.65. The molecule has 0 fully saturated rings. The second-order valence-corrected chi connectivity index (χ2v) is 4.72. The molecule has 106 valence electrons. The number of nitrogens with zero attached hydrogens (tertiary/aromatic N) is 1. The minimum atomic E-state index is -0.266. The van der Waals surface area contributed by atoms with Crippen LogP contribution in [0.3, 0.4) is 0 Å². The lowest BCUT2D eigenvalue weighted by Gasteiger charge is -2.04. The van der Waals surface area contributed by atoms with Gasteiger partial charge in [-0.3, -0.25) is 4.79 Å². The van der Waals surface area contributed by atoms with Crippen LogP contribution in [0.1, 0.15) is 23.5 Å². The van der Waals surface area contributed by atoms with Crippen molar-refractivity contribution in [3.63, 3.8) is 0 Å². The van der Waals surface area contributed by atoms with E-state index in [-0.39, 0.29) is 11.7 Å². The van der Waals surface area contributed by atoms with Gasteiger partial charge in [-0.2, -0.15) is 0 Å².